The summed E-state index contributed by atoms with van der Waals surface area (Å²) in [5.41, 5.74) is 0.960. The molecular weight excluding hydrogens is 306 g/mol. The molecule has 5 heteroatoms. The van der Waals surface area contributed by atoms with Crippen LogP contribution in [-0.2, 0) is 20.9 Å². The molecule has 2 aliphatic heterocycles. The Labute approximate surface area is 142 Å². The van der Waals surface area contributed by atoms with Gasteiger partial charge in [-0.05, 0) is 24.5 Å². The van der Waals surface area contributed by atoms with Crippen molar-refractivity contribution in [3.8, 4) is 0 Å². The summed E-state index contributed by atoms with van der Waals surface area (Å²) >= 11 is 0. The fraction of sp³-hybridized carbons (Fsp3) is 0.474. The first-order chi connectivity index (χ1) is 11.7. The van der Waals surface area contributed by atoms with Crippen LogP contribution in [0.4, 0.5) is 4.79 Å². The molecule has 24 heavy (non-hydrogen) atoms. The molecule has 0 bridgehead atoms. The fourth-order valence-electron chi connectivity index (χ4n) is 3.27. The topological polar surface area (TPSA) is 55.8 Å². The number of nitrogens with zero attached hydrogens (tertiary/aromatic N) is 1. The Hall–Kier alpha value is -2.30. The van der Waals surface area contributed by atoms with E-state index in [0.717, 1.165) is 37.7 Å². The summed E-state index contributed by atoms with van der Waals surface area (Å²) in [7, 11) is 0. The summed E-state index contributed by atoms with van der Waals surface area (Å²) in [6.45, 7) is 0.892. The minimum Gasteiger partial charge on any atom is -0.453 e. The molecule has 1 aromatic rings. The van der Waals surface area contributed by atoms with Crippen molar-refractivity contribution in [3.63, 3.8) is 0 Å². The Morgan fingerprint density at radius 2 is 1.96 bits per heavy atom. The lowest BCUT2D eigenvalue weighted by Crippen LogP contribution is -2.48. The third-order valence-corrected chi connectivity index (χ3v) is 4.54. The van der Waals surface area contributed by atoms with Crippen LogP contribution in [-0.4, -0.2) is 35.7 Å². The highest BCUT2D eigenvalue weighted by Gasteiger charge is 2.35. The first-order valence-corrected chi connectivity index (χ1v) is 8.60. The normalized spacial score (nSPS) is 24.2. The molecule has 2 aliphatic rings. The van der Waals surface area contributed by atoms with Crippen LogP contribution in [0.2, 0.25) is 0 Å². The first-order valence-electron chi connectivity index (χ1n) is 8.60. The van der Waals surface area contributed by atoms with E-state index in [1.54, 1.807) is 11.0 Å². The largest absolute Gasteiger partial charge is 0.453 e. The fourth-order valence-corrected chi connectivity index (χ4v) is 3.27. The van der Waals surface area contributed by atoms with Gasteiger partial charge in [0, 0.05) is 12.6 Å². The van der Waals surface area contributed by atoms with Crippen LogP contribution in [0.15, 0.2) is 42.5 Å². The van der Waals surface area contributed by atoms with E-state index in [-0.39, 0.29) is 30.8 Å². The van der Waals surface area contributed by atoms with Gasteiger partial charge in [-0.15, -0.1) is 0 Å². The molecule has 5 nitrogen and oxygen atoms in total. The number of hydrogen-bond acceptors (Lipinski definition) is 4. The zero-order valence-electron chi connectivity index (χ0n) is 13.7. The first kappa shape index (κ1) is 16.6. The predicted octanol–water partition coefficient (Wildman–Crippen LogP) is 3.44. The van der Waals surface area contributed by atoms with Crippen molar-refractivity contribution in [2.45, 2.75) is 50.9 Å². The van der Waals surface area contributed by atoms with Gasteiger partial charge in [0.2, 0.25) is 0 Å². The summed E-state index contributed by atoms with van der Waals surface area (Å²) in [4.78, 5) is 25.8. The average Bonchev–Trinajstić information content (AvgIpc) is 3.00. The Bertz CT molecular complexity index is 599. The molecule has 0 aromatic heterocycles. The zero-order chi connectivity index (χ0) is 16.8. The highest BCUT2D eigenvalue weighted by molar-refractivity contribution is 5.84. The van der Waals surface area contributed by atoms with Gasteiger partial charge in [-0.3, -0.25) is 0 Å². The van der Waals surface area contributed by atoms with Gasteiger partial charge in [0.15, 0.2) is 0 Å². The smallest absolute Gasteiger partial charge is 0.410 e. The summed E-state index contributed by atoms with van der Waals surface area (Å²) in [6, 6.07) is 9.49. The molecule has 1 aromatic carbocycles. The van der Waals surface area contributed by atoms with Crippen molar-refractivity contribution in [1.29, 1.82) is 0 Å². The molecule has 0 unspecified atom stereocenters. The molecule has 0 aliphatic carbocycles. The van der Waals surface area contributed by atoms with Crippen molar-refractivity contribution in [2.75, 3.05) is 6.54 Å². The predicted molar refractivity (Wildman–Crippen MR) is 89.2 cm³/mol. The molecule has 0 N–H and O–H groups in total. The standard InChI is InChI=1S/C19H23NO4/c21-18-12-11-17(24-18)16-10-6-1-2-7-13-20(16)19(22)23-14-15-8-4-3-5-9-15/h3-5,8-9,11-12,16-17H,1-2,6-7,10,13-14H2/t16-,17+/m1/s1. The molecule has 2 heterocycles. The zero-order valence-corrected chi connectivity index (χ0v) is 13.7. The van der Waals surface area contributed by atoms with E-state index in [9.17, 15) is 9.59 Å². The van der Waals surface area contributed by atoms with Crippen LogP contribution in [0.25, 0.3) is 0 Å². The third kappa shape index (κ3) is 4.16. The van der Waals surface area contributed by atoms with Gasteiger partial charge < -0.3 is 14.4 Å². The Balaban J connectivity index is 1.66. The average molecular weight is 329 g/mol. The van der Waals surface area contributed by atoms with E-state index in [1.807, 2.05) is 30.3 Å². The maximum absolute atomic E-state index is 12.6. The molecule has 128 valence electrons. The summed E-state index contributed by atoms with van der Waals surface area (Å²) < 4.78 is 10.8. The molecule has 2 atom stereocenters. The van der Waals surface area contributed by atoms with Crippen LogP contribution in [0, 0.1) is 0 Å². The van der Waals surface area contributed by atoms with Gasteiger partial charge in [0.25, 0.3) is 0 Å². The van der Waals surface area contributed by atoms with Crippen molar-refractivity contribution >= 4 is 12.1 Å². The lowest BCUT2D eigenvalue weighted by Gasteiger charge is -2.35. The number of carbonyl (C=O) groups excluding carboxylic acids is 2. The van der Waals surface area contributed by atoms with E-state index in [1.165, 1.54) is 6.08 Å². The Morgan fingerprint density at radius 1 is 1.17 bits per heavy atom. The maximum atomic E-state index is 12.6. The van der Waals surface area contributed by atoms with Crippen molar-refractivity contribution in [2.24, 2.45) is 0 Å². The number of amides is 1. The van der Waals surface area contributed by atoms with Crippen molar-refractivity contribution in [1.82, 2.24) is 4.90 Å². The molecule has 0 spiro atoms. The third-order valence-electron chi connectivity index (χ3n) is 4.54. The van der Waals surface area contributed by atoms with Crippen LogP contribution in [0.3, 0.4) is 0 Å². The number of hydrogen-bond donors (Lipinski definition) is 0. The monoisotopic (exact) mass is 329 g/mol. The van der Waals surface area contributed by atoms with Gasteiger partial charge in [-0.1, -0.05) is 49.6 Å². The molecule has 3 rings (SSSR count). The second-order valence-corrected chi connectivity index (χ2v) is 6.26. The molecule has 1 saturated heterocycles. The van der Waals surface area contributed by atoms with Gasteiger partial charge in [-0.25, -0.2) is 9.59 Å². The van der Waals surface area contributed by atoms with Crippen molar-refractivity contribution < 1.29 is 19.1 Å². The number of carbonyl (C=O) groups is 2. The maximum Gasteiger partial charge on any atom is 0.410 e. The van der Waals surface area contributed by atoms with E-state index < -0.39 is 0 Å². The number of likely N-dealkylation sites (tertiary alicyclic amines) is 1. The van der Waals surface area contributed by atoms with Crippen LogP contribution in [0.1, 0.15) is 37.7 Å². The number of benzene rings is 1. The second-order valence-electron chi connectivity index (χ2n) is 6.26. The molecule has 0 saturated carbocycles. The number of cyclic esters (lactones) is 1. The number of esters is 1. The summed E-state index contributed by atoms with van der Waals surface area (Å²) in [6.07, 6.45) is 7.55. The summed E-state index contributed by atoms with van der Waals surface area (Å²) in [5.74, 6) is -0.334. The van der Waals surface area contributed by atoms with Gasteiger partial charge in [-0.2, -0.15) is 0 Å². The van der Waals surface area contributed by atoms with Gasteiger partial charge >= 0.3 is 12.1 Å². The molecule has 1 amide bonds. The van der Waals surface area contributed by atoms with Crippen molar-refractivity contribution in [3.05, 3.63) is 48.0 Å². The SMILES string of the molecule is O=C1C=C[C@@H]([C@H]2CCCCCCN2C(=O)OCc2ccccc2)O1. The van der Waals surface area contributed by atoms with Crippen LogP contribution in [0.5, 0.6) is 0 Å². The number of ether oxygens (including phenoxy) is 2. The van der Waals surface area contributed by atoms with E-state index in [0.29, 0.717) is 6.54 Å². The van der Waals surface area contributed by atoms with E-state index in [2.05, 4.69) is 0 Å². The molecule has 0 radical (unpaired) electrons. The van der Waals surface area contributed by atoms with E-state index >= 15 is 0 Å². The summed E-state index contributed by atoms with van der Waals surface area (Å²) in [5, 5.41) is 0. The van der Waals surface area contributed by atoms with Gasteiger partial charge in [0.1, 0.15) is 12.7 Å². The minimum absolute atomic E-state index is 0.142. The van der Waals surface area contributed by atoms with Gasteiger partial charge in [0.05, 0.1) is 6.04 Å². The number of rotatable bonds is 3. The molecule has 1 fully saturated rings. The Kier molecular flexibility index (Phi) is 5.51. The lowest BCUT2D eigenvalue weighted by molar-refractivity contribution is -0.141. The van der Waals surface area contributed by atoms with Crippen LogP contribution >= 0.6 is 0 Å². The Morgan fingerprint density at radius 3 is 2.71 bits per heavy atom. The lowest BCUT2D eigenvalue weighted by atomic mass is 9.98. The molecular formula is C19H23NO4. The quantitative estimate of drug-likeness (QED) is 0.797. The highest BCUT2D eigenvalue weighted by Crippen LogP contribution is 2.24. The van der Waals surface area contributed by atoms with Crippen LogP contribution < -0.4 is 0 Å². The highest BCUT2D eigenvalue weighted by atomic mass is 16.6. The van der Waals surface area contributed by atoms with E-state index in [4.69, 9.17) is 9.47 Å². The second kappa shape index (κ2) is 7.99. The minimum atomic E-state index is -0.361.